The SMILES string of the molecule is Cc1sc(CO)nc1CC1(C)CCCC1. The summed E-state index contributed by atoms with van der Waals surface area (Å²) in [5, 5.41) is 9.91. The van der Waals surface area contributed by atoms with Gasteiger partial charge in [-0.15, -0.1) is 11.3 Å². The Morgan fingerprint density at radius 3 is 2.60 bits per heavy atom. The number of nitrogens with zero attached hydrogens (tertiary/aromatic N) is 1. The summed E-state index contributed by atoms with van der Waals surface area (Å²) in [5.41, 5.74) is 1.68. The molecule has 15 heavy (non-hydrogen) atoms. The van der Waals surface area contributed by atoms with Crippen LogP contribution in [0.15, 0.2) is 0 Å². The zero-order chi connectivity index (χ0) is 10.9. The van der Waals surface area contributed by atoms with E-state index in [0.717, 1.165) is 11.4 Å². The van der Waals surface area contributed by atoms with E-state index in [0.29, 0.717) is 5.41 Å². The van der Waals surface area contributed by atoms with Crippen molar-refractivity contribution in [3.8, 4) is 0 Å². The number of thiazole rings is 1. The predicted molar refractivity (Wildman–Crippen MR) is 63.1 cm³/mol. The molecule has 1 N–H and O–H groups in total. The van der Waals surface area contributed by atoms with Gasteiger partial charge in [-0.25, -0.2) is 4.98 Å². The Labute approximate surface area is 95.4 Å². The monoisotopic (exact) mass is 225 g/mol. The normalized spacial score (nSPS) is 19.7. The third kappa shape index (κ3) is 2.40. The molecule has 0 spiro atoms. The van der Waals surface area contributed by atoms with Crippen molar-refractivity contribution >= 4 is 11.3 Å². The standard InChI is InChI=1S/C12H19NOS/c1-9-10(13-11(8-14)15-9)7-12(2)5-3-4-6-12/h14H,3-8H2,1-2H3. The van der Waals surface area contributed by atoms with Gasteiger partial charge in [0.25, 0.3) is 0 Å². The molecule has 0 amide bonds. The van der Waals surface area contributed by atoms with Crippen molar-refractivity contribution in [3.05, 3.63) is 15.6 Å². The molecule has 2 nitrogen and oxygen atoms in total. The average Bonchev–Trinajstić information content (AvgIpc) is 2.75. The summed E-state index contributed by atoms with van der Waals surface area (Å²) < 4.78 is 0. The average molecular weight is 225 g/mol. The molecule has 1 aromatic heterocycles. The third-order valence-electron chi connectivity index (χ3n) is 3.48. The third-order valence-corrected chi connectivity index (χ3v) is 4.47. The highest BCUT2D eigenvalue weighted by molar-refractivity contribution is 7.11. The first-order chi connectivity index (χ1) is 7.13. The molecular weight excluding hydrogens is 206 g/mol. The fraction of sp³-hybridized carbons (Fsp3) is 0.750. The summed E-state index contributed by atoms with van der Waals surface area (Å²) >= 11 is 1.64. The van der Waals surface area contributed by atoms with Crippen LogP contribution in [0.2, 0.25) is 0 Å². The first-order valence-corrected chi connectivity index (χ1v) is 6.51. The first-order valence-electron chi connectivity index (χ1n) is 5.69. The quantitative estimate of drug-likeness (QED) is 0.857. The van der Waals surface area contributed by atoms with Gasteiger partial charge in [0.1, 0.15) is 5.01 Å². The van der Waals surface area contributed by atoms with Crippen LogP contribution in [0.25, 0.3) is 0 Å². The smallest absolute Gasteiger partial charge is 0.119 e. The molecule has 1 heterocycles. The molecule has 0 aromatic carbocycles. The van der Waals surface area contributed by atoms with Gasteiger partial charge in [0, 0.05) is 4.88 Å². The van der Waals surface area contributed by atoms with Gasteiger partial charge in [0.15, 0.2) is 0 Å². The Kier molecular flexibility index (Phi) is 3.12. The van der Waals surface area contributed by atoms with Gasteiger partial charge in [0.05, 0.1) is 12.3 Å². The van der Waals surface area contributed by atoms with Crippen molar-refractivity contribution in [3.63, 3.8) is 0 Å². The highest BCUT2D eigenvalue weighted by atomic mass is 32.1. The number of aromatic nitrogens is 1. The van der Waals surface area contributed by atoms with Gasteiger partial charge in [0.2, 0.25) is 0 Å². The highest BCUT2D eigenvalue weighted by Crippen LogP contribution is 2.41. The second-order valence-corrected chi connectivity index (χ2v) is 6.25. The van der Waals surface area contributed by atoms with Gasteiger partial charge in [-0.1, -0.05) is 19.8 Å². The van der Waals surface area contributed by atoms with Crippen molar-refractivity contribution in [2.45, 2.75) is 52.6 Å². The Balaban J connectivity index is 2.12. The van der Waals surface area contributed by atoms with Crippen LogP contribution in [0.4, 0.5) is 0 Å². The Hall–Kier alpha value is -0.410. The van der Waals surface area contributed by atoms with Crippen LogP contribution in [-0.2, 0) is 13.0 Å². The second-order valence-electron chi connectivity index (χ2n) is 4.96. The van der Waals surface area contributed by atoms with E-state index in [-0.39, 0.29) is 6.61 Å². The number of hydrogen-bond acceptors (Lipinski definition) is 3. The van der Waals surface area contributed by atoms with Crippen molar-refractivity contribution < 1.29 is 5.11 Å². The molecule has 84 valence electrons. The molecule has 1 aromatic rings. The summed E-state index contributed by atoms with van der Waals surface area (Å²) in [6, 6.07) is 0. The Morgan fingerprint density at radius 1 is 1.40 bits per heavy atom. The highest BCUT2D eigenvalue weighted by Gasteiger charge is 2.30. The van der Waals surface area contributed by atoms with Crippen LogP contribution >= 0.6 is 11.3 Å². The molecule has 0 unspecified atom stereocenters. The maximum atomic E-state index is 9.05. The van der Waals surface area contributed by atoms with E-state index < -0.39 is 0 Å². The fourth-order valence-electron chi connectivity index (χ4n) is 2.53. The molecular formula is C12H19NOS. The van der Waals surface area contributed by atoms with Crippen molar-refractivity contribution in [1.29, 1.82) is 0 Å². The van der Waals surface area contributed by atoms with E-state index in [1.165, 1.54) is 36.3 Å². The van der Waals surface area contributed by atoms with Gasteiger partial charge >= 0.3 is 0 Å². The van der Waals surface area contributed by atoms with E-state index in [1.54, 1.807) is 11.3 Å². The molecule has 1 aliphatic carbocycles. The van der Waals surface area contributed by atoms with Crippen molar-refractivity contribution in [2.24, 2.45) is 5.41 Å². The second kappa shape index (κ2) is 4.22. The van der Waals surface area contributed by atoms with E-state index in [9.17, 15) is 0 Å². The zero-order valence-electron chi connectivity index (χ0n) is 9.55. The number of hydrogen-bond donors (Lipinski definition) is 1. The Morgan fingerprint density at radius 2 is 2.07 bits per heavy atom. The molecule has 0 saturated heterocycles. The maximum absolute atomic E-state index is 9.05. The largest absolute Gasteiger partial charge is 0.389 e. The Bertz CT molecular complexity index is 339. The minimum Gasteiger partial charge on any atom is -0.389 e. The van der Waals surface area contributed by atoms with Crippen molar-refractivity contribution in [2.75, 3.05) is 0 Å². The summed E-state index contributed by atoms with van der Waals surface area (Å²) in [6.07, 6.45) is 6.49. The van der Waals surface area contributed by atoms with Crippen molar-refractivity contribution in [1.82, 2.24) is 4.98 Å². The van der Waals surface area contributed by atoms with Gasteiger partial charge in [-0.05, 0) is 31.6 Å². The summed E-state index contributed by atoms with van der Waals surface area (Å²) in [6.45, 7) is 4.57. The lowest BCUT2D eigenvalue weighted by Gasteiger charge is -2.22. The van der Waals surface area contributed by atoms with E-state index >= 15 is 0 Å². The summed E-state index contributed by atoms with van der Waals surface area (Å²) in [5.74, 6) is 0. The lowest BCUT2D eigenvalue weighted by molar-refractivity contribution is 0.280. The molecule has 0 atom stereocenters. The van der Waals surface area contributed by atoms with Crippen LogP contribution < -0.4 is 0 Å². The van der Waals surface area contributed by atoms with Gasteiger partial charge in [-0.2, -0.15) is 0 Å². The van der Waals surface area contributed by atoms with Gasteiger partial charge < -0.3 is 5.11 Å². The van der Waals surface area contributed by atoms with Crippen LogP contribution in [0.3, 0.4) is 0 Å². The summed E-state index contributed by atoms with van der Waals surface area (Å²) in [7, 11) is 0. The number of rotatable bonds is 3. The maximum Gasteiger partial charge on any atom is 0.119 e. The topological polar surface area (TPSA) is 33.1 Å². The number of aliphatic hydroxyl groups is 1. The molecule has 2 rings (SSSR count). The molecule has 0 aliphatic heterocycles. The molecule has 1 fully saturated rings. The van der Waals surface area contributed by atoms with Gasteiger partial charge in [-0.3, -0.25) is 0 Å². The minimum atomic E-state index is 0.0855. The summed E-state index contributed by atoms with van der Waals surface area (Å²) in [4.78, 5) is 5.79. The molecule has 1 saturated carbocycles. The molecule has 1 aliphatic rings. The predicted octanol–water partition coefficient (Wildman–Crippen LogP) is 3.07. The fourth-order valence-corrected chi connectivity index (χ4v) is 3.34. The zero-order valence-corrected chi connectivity index (χ0v) is 10.4. The lowest BCUT2D eigenvalue weighted by atomic mass is 9.84. The van der Waals surface area contributed by atoms with E-state index in [1.807, 2.05) is 0 Å². The lowest BCUT2D eigenvalue weighted by Crippen LogP contribution is -2.15. The molecule has 0 bridgehead atoms. The van der Waals surface area contributed by atoms with Crippen LogP contribution in [0.5, 0.6) is 0 Å². The van der Waals surface area contributed by atoms with Crippen LogP contribution in [0.1, 0.15) is 48.2 Å². The van der Waals surface area contributed by atoms with Crippen LogP contribution in [0, 0.1) is 12.3 Å². The first kappa shape index (κ1) is 11.1. The van der Waals surface area contributed by atoms with E-state index in [4.69, 9.17) is 5.11 Å². The van der Waals surface area contributed by atoms with Crippen LogP contribution in [-0.4, -0.2) is 10.1 Å². The number of aryl methyl sites for hydroxylation is 1. The molecule has 3 heteroatoms. The van der Waals surface area contributed by atoms with E-state index in [2.05, 4.69) is 18.8 Å². The molecule has 0 radical (unpaired) electrons. The number of aliphatic hydroxyl groups excluding tert-OH is 1. The minimum absolute atomic E-state index is 0.0855.